The van der Waals surface area contributed by atoms with Crippen LogP contribution in [0.2, 0.25) is 0 Å². The van der Waals surface area contributed by atoms with Gasteiger partial charge in [-0.1, -0.05) is 0 Å². The van der Waals surface area contributed by atoms with Gasteiger partial charge in [-0.3, -0.25) is 10.3 Å². The van der Waals surface area contributed by atoms with E-state index in [1.807, 2.05) is 6.08 Å². The van der Waals surface area contributed by atoms with E-state index in [9.17, 15) is 8.78 Å². The standard InChI is InChI=1S/C14H15F2NO4/c1-18-12-6-9(2-3-11(12)20-13(15)16)10-7-14(21-17-10)4-5-19-8-14/h2-3,6-7,13,17H,4-5,8H2,1H3. The molecule has 7 heteroatoms. The minimum Gasteiger partial charge on any atom is -0.493 e. The van der Waals surface area contributed by atoms with Crippen LogP contribution in [0, 0.1) is 0 Å². The highest BCUT2D eigenvalue weighted by Gasteiger charge is 2.39. The van der Waals surface area contributed by atoms with Crippen LogP contribution in [0.4, 0.5) is 8.78 Å². The molecule has 0 amide bonds. The van der Waals surface area contributed by atoms with Crippen molar-refractivity contribution >= 4 is 5.70 Å². The summed E-state index contributed by atoms with van der Waals surface area (Å²) in [6, 6.07) is 4.73. The predicted octanol–water partition coefficient (Wildman–Crippen LogP) is 2.33. The highest BCUT2D eigenvalue weighted by atomic mass is 19.3. The summed E-state index contributed by atoms with van der Waals surface area (Å²) in [5.41, 5.74) is 3.92. The van der Waals surface area contributed by atoms with E-state index in [1.165, 1.54) is 13.2 Å². The number of ether oxygens (including phenoxy) is 3. The third-order valence-corrected chi connectivity index (χ3v) is 3.48. The van der Waals surface area contributed by atoms with Crippen LogP contribution in [-0.2, 0) is 9.57 Å². The molecule has 1 atom stereocenters. The molecule has 2 heterocycles. The number of nitrogens with one attached hydrogen (secondary N) is 1. The van der Waals surface area contributed by atoms with Crippen molar-refractivity contribution in [1.82, 2.24) is 5.48 Å². The second-order valence-electron chi connectivity index (χ2n) is 4.87. The minimum absolute atomic E-state index is 0.00493. The first-order valence-electron chi connectivity index (χ1n) is 6.50. The predicted molar refractivity (Wildman–Crippen MR) is 70.0 cm³/mol. The molecule has 0 bridgehead atoms. The Morgan fingerprint density at radius 3 is 2.86 bits per heavy atom. The number of hydrogen-bond acceptors (Lipinski definition) is 5. The lowest BCUT2D eigenvalue weighted by atomic mass is 10.0. The summed E-state index contributed by atoms with van der Waals surface area (Å²) in [6.45, 7) is -1.75. The molecular formula is C14H15F2NO4. The Balaban J connectivity index is 1.86. The molecule has 0 aliphatic carbocycles. The molecule has 1 unspecified atom stereocenters. The monoisotopic (exact) mass is 299 g/mol. The average molecular weight is 299 g/mol. The second-order valence-corrected chi connectivity index (χ2v) is 4.87. The Bertz CT molecular complexity index is 556. The fourth-order valence-electron chi connectivity index (χ4n) is 2.41. The van der Waals surface area contributed by atoms with Crippen molar-refractivity contribution in [2.24, 2.45) is 0 Å². The maximum absolute atomic E-state index is 12.3. The SMILES string of the molecule is COc1cc(C2=CC3(CCOC3)ON2)ccc1OC(F)F. The van der Waals surface area contributed by atoms with Gasteiger partial charge in [0.05, 0.1) is 19.4 Å². The molecule has 1 N–H and O–H groups in total. The summed E-state index contributed by atoms with van der Waals surface area (Å²) in [6.07, 6.45) is 2.72. The van der Waals surface area contributed by atoms with E-state index < -0.39 is 12.2 Å². The third-order valence-electron chi connectivity index (χ3n) is 3.48. The van der Waals surface area contributed by atoms with Crippen molar-refractivity contribution in [3.63, 3.8) is 0 Å². The Morgan fingerprint density at radius 1 is 1.33 bits per heavy atom. The first-order chi connectivity index (χ1) is 10.1. The van der Waals surface area contributed by atoms with Gasteiger partial charge in [0.25, 0.3) is 0 Å². The largest absolute Gasteiger partial charge is 0.493 e. The van der Waals surface area contributed by atoms with Crippen LogP contribution >= 0.6 is 0 Å². The lowest BCUT2D eigenvalue weighted by molar-refractivity contribution is -0.0512. The van der Waals surface area contributed by atoms with Crippen LogP contribution in [0.5, 0.6) is 11.5 Å². The van der Waals surface area contributed by atoms with Crippen molar-refractivity contribution < 1.29 is 27.8 Å². The number of hydroxylamine groups is 1. The Labute approximate surface area is 120 Å². The fraction of sp³-hybridized carbons (Fsp3) is 0.429. The molecule has 1 aromatic carbocycles. The summed E-state index contributed by atoms with van der Waals surface area (Å²) >= 11 is 0. The van der Waals surface area contributed by atoms with E-state index in [0.717, 1.165) is 17.7 Å². The molecule has 114 valence electrons. The summed E-state index contributed by atoms with van der Waals surface area (Å²) in [4.78, 5) is 5.58. The van der Waals surface area contributed by atoms with Gasteiger partial charge in [-0.2, -0.15) is 8.78 Å². The van der Waals surface area contributed by atoms with Gasteiger partial charge in [0.15, 0.2) is 11.5 Å². The molecule has 2 aliphatic rings. The molecule has 0 aromatic heterocycles. The van der Waals surface area contributed by atoms with Gasteiger partial charge in [0, 0.05) is 18.6 Å². The molecular weight excluding hydrogens is 284 g/mol. The first kappa shape index (κ1) is 14.1. The van der Waals surface area contributed by atoms with Gasteiger partial charge in [-0.05, 0) is 24.3 Å². The lowest BCUT2D eigenvalue weighted by Crippen LogP contribution is -2.29. The second kappa shape index (κ2) is 5.50. The molecule has 5 nitrogen and oxygen atoms in total. The maximum Gasteiger partial charge on any atom is 0.387 e. The summed E-state index contributed by atoms with van der Waals surface area (Å²) in [5, 5.41) is 0. The molecule has 0 saturated carbocycles. The molecule has 2 aliphatic heterocycles. The number of rotatable bonds is 4. The van der Waals surface area contributed by atoms with Gasteiger partial charge in [0.1, 0.15) is 5.60 Å². The number of benzene rings is 1. The van der Waals surface area contributed by atoms with Crippen molar-refractivity contribution in [2.45, 2.75) is 18.6 Å². The van der Waals surface area contributed by atoms with Crippen LogP contribution in [-0.4, -0.2) is 32.5 Å². The highest BCUT2D eigenvalue weighted by Crippen LogP contribution is 2.36. The van der Waals surface area contributed by atoms with Gasteiger partial charge in [-0.25, -0.2) is 0 Å². The van der Waals surface area contributed by atoms with E-state index in [0.29, 0.717) is 13.2 Å². The normalized spacial score (nSPS) is 24.3. The fourth-order valence-corrected chi connectivity index (χ4v) is 2.41. The first-order valence-corrected chi connectivity index (χ1v) is 6.50. The van der Waals surface area contributed by atoms with Crippen LogP contribution in [0.25, 0.3) is 5.70 Å². The zero-order chi connectivity index (χ0) is 14.9. The van der Waals surface area contributed by atoms with Gasteiger partial charge < -0.3 is 14.2 Å². The van der Waals surface area contributed by atoms with E-state index in [1.54, 1.807) is 12.1 Å². The van der Waals surface area contributed by atoms with Crippen molar-refractivity contribution in [1.29, 1.82) is 0 Å². The molecule has 1 fully saturated rings. The number of alkyl halides is 2. The van der Waals surface area contributed by atoms with Gasteiger partial charge in [-0.15, -0.1) is 0 Å². The third kappa shape index (κ3) is 2.79. The summed E-state index contributed by atoms with van der Waals surface area (Å²) in [5.74, 6) is 0.230. The van der Waals surface area contributed by atoms with Crippen molar-refractivity contribution in [3.8, 4) is 11.5 Å². The molecule has 1 saturated heterocycles. The zero-order valence-electron chi connectivity index (χ0n) is 11.4. The summed E-state index contributed by atoms with van der Waals surface area (Å²) < 4.78 is 39.4. The molecule has 21 heavy (non-hydrogen) atoms. The van der Waals surface area contributed by atoms with Gasteiger partial charge >= 0.3 is 6.61 Å². The van der Waals surface area contributed by atoms with Crippen LogP contribution in [0.3, 0.4) is 0 Å². The zero-order valence-corrected chi connectivity index (χ0v) is 11.4. The molecule has 3 rings (SSSR count). The highest BCUT2D eigenvalue weighted by molar-refractivity contribution is 5.68. The maximum atomic E-state index is 12.3. The number of halogens is 2. The minimum atomic E-state index is -2.89. The topological polar surface area (TPSA) is 49.0 Å². The Hall–Kier alpha value is -1.86. The van der Waals surface area contributed by atoms with Crippen molar-refractivity contribution in [2.75, 3.05) is 20.3 Å². The molecule has 0 radical (unpaired) electrons. The Kier molecular flexibility index (Phi) is 3.69. The molecule has 1 spiro atoms. The van der Waals surface area contributed by atoms with E-state index in [2.05, 4.69) is 10.2 Å². The van der Waals surface area contributed by atoms with E-state index in [-0.39, 0.29) is 11.5 Å². The lowest BCUT2D eigenvalue weighted by Gasteiger charge is -2.15. The van der Waals surface area contributed by atoms with E-state index in [4.69, 9.17) is 14.3 Å². The van der Waals surface area contributed by atoms with Gasteiger partial charge in [0.2, 0.25) is 0 Å². The Morgan fingerprint density at radius 2 is 2.19 bits per heavy atom. The number of hydrogen-bond donors (Lipinski definition) is 1. The van der Waals surface area contributed by atoms with Crippen LogP contribution in [0.1, 0.15) is 12.0 Å². The van der Waals surface area contributed by atoms with Crippen molar-refractivity contribution in [3.05, 3.63) is 29.8 Å². The van der Waals surface area contributed by atoms with Crippen LogP contribution < -0.4 is 15.0 Å². The quantitative estimate of drug-likeness (QED) is 0.924. The smallest absolute Gasteiger partial charge is 0.387 e. The van der Waals surface area contributed by atoms with Crippen LogP contribution in [0.15, 0.2) is 24.3 Å². The average Bonchev–Trinajstić information content (AvgIpc) is 3.09. The van der Waals surface area contributed by atoms with E-state index >= 15 is 0 Å². The number of methoxy groups -OCH3 is 1. The summed E-state index contributed by atoms with van der Waals surface area (Å²) in [7, 11) is 1.40. The molecule has 1 aromatic rings.